The first-order chi connectivity index (χ1) is 40.5. The standard InChI is InChI=1S/C76H136O6/c1-4-7-10-13-16-19-22-25-28-30-32-34-36-38-40-41-43-45-48-51-54-57-60-63-66-69-75(78)81-72-73(71-80-74(77)68-65-62-59-56-53-50-47-27-24-21-18-15-12-9-6-3)82-76(79)70-67-64-61-58-55-52-49-46-44-42-39-37-35-33-31-29-26-23-20-17-14-11-8-5-2/h7,10,16,19,25,28,32,34,38,40,43,45,73H,4-6,8-9,11-15,17-18,20-24,26-27,29-31,33,35-37,39,41-42,44,46-72H2,1-3H3/b10-7-,19-16-,28-25-,34-32-,40-38-,45-43-. The Balaban J connectivity index is 4.33. The van der Waals surface area contributed by atoms with E-state index in [2.05, 4.69) is 93.7 Å². The molecule has 0 radical (unpaired) electrons. The van der Waals surface area contributed by atoms with Gasteiger partial charge in [-0.15, -0.1) is 0 Å². The van der Waals surface area contributed by atoms with Gasteiger partial charge in [0.05, 0.1) is 0 Å². The van der Waals surface area contributed by atoms with Crippen LogP contribution in [-0.4, -0.2) is 37.2 Å². The van der Waals surface area contributed by atoms with Gasteiger partial charge in [-0.05, 0) is 70.6 Å². The average molecular weight is 1150 g/mol. The van der Waals surface area contributed by atoms with Crippen molar-refractivity contribution in [1.82, 2.24) is 0 Å². The van der Waals surface area contributed by atoms with Crippen molar-refractivity contribution in [3.05, 3.63) is 72.9 Å². The lowest BCUT2D eigenvalue weighted by molar-refractivity contribution is -0.167. The number of carbonyl (C=O) groups is 3. The van der Waals surface area contributed by atoms with Crippen LogP contribution in [0, 0.1) is 0 Å². The summed E-state index contributed by atoms with van der Waals surface area (Å²) in [6.07, 6.45) is 92.1. The van der Waals surface area contributed by atoms with Crippen LogP contribution in [0.4, 0.5) is 0 Å². The van der Waals surface area contributed by atoms with Crippen LogP contribution in [0.2, 0.25) is 0 Å². The van der Waals surface area contributed by atoms with E-state index in [-0.39, 0.29) is 31.1 Å². The molecule has 0 aromatic heterocycles. The Kier molecular flexibility index (Phi) is 67.6. The zero-order valence-corrected chi connectivity index (χ0v) is 54.8. The summed E-state index contributed by atoms with van der Waals surface area (Å²) >= 11 is 0. The molecule has 0 saturated carbocycles. The summed E-state index contributed by atoms with van der Waals surface area (Å²) in [5, 5.41) is 0. The number of hydrogen-bond acceptors (Lipinski definition) is 6. The zero-order chi connectivity index (χ0) is 59.2. The Morgan fingerprint density at radius 1 is 0.256 bits per heavy atom. The summed E-state index contributed by atoms with van der Waals surface area (Å²) in [6, 6.07) is 0. The fraction of sp³-hybridized carbons (Fsp3) is 0.803. The van der Waals surface area contributed by atoms with Crippen LogP contribution in [0.25, 0.3) is 0 Å². The summed E-state index contributed by atoms with van der Waals surface area (Å²) in [5.41, 5.74) is 0. The van der Waals surface area contributed by atoms with Crippen LogP contribution in [0.1, 0.15) is 374 Å². The van der Waals surface area contributed by atoms with Crippen LogP contribution < -0.4 is 0 Å². The zero-order valence-electron chi connectivity index (χ0n) is 54.8. The monoisotopic (exact) mass is 1150 g/mol. The lowest BCUT2D eigenvalue weighted by Gasteiger charge is -2.18. The number of rotatable bonds is 66. The Bertz CT molecular complexity index is 1500. The molecule has 0 N–H and O–H groups in total. The van der Waals surface area contributed by atoms with Crippen LogP contribution in [0.15, 0.2) is 72.9 Å². The van der Waals surface area contributed by atoms with Crippen molar-refractivity contribution < 1.29 is 28.6 Å². The lowest BCUT2D eigenvalue weighted by Crippen LogP contribution is -2.30. The molecule has 0 aliphatic rings. The Morgan fingerprint density at radius 3 is 0.744 bits per heavy atom. The van der Waals surface area contributed by atoms with E-state index in [9.17, 15) is 14.4 Å². The Morgan fingerprint density at radius 2 is 0.476 bits per heavy atom. The summed E-state index contributed by atoms with van der Waals surface area (Å²) in [7, 11) is 0. The van der Waals surface area contributed by atoms with Gasteiger partial charge in [0, 0.05) is 19.3 Å². The fourth-order valence-corrected chi connectivity index (χ4v) is 10.6. The van der Waals surface area contributed by atoms with Gasteiger partial charge in [-0.3, -0.25) is 14.4 Å². The van der Waals surface area contributed by atoms with Gasteiger partial charge in [-0.1, -0.05) is 357 Å². The Hall–Kier alpha value is -3.15. The van der Waals surface area contributed by atoms with Crippen molar-refractivity contribution in [1.29, 1.82) is 0 Å². The van der Waals surface area contributed by atoms with Gasteiger partial charge < -0.3 is 14.2 Å². The van der Waals surface area contributed by atoms with Crippen molar-refractivity contribution in [2.24, 2.45) is 0 Å². The second-order valence-electron chi connectivity index (χ2n) is 24.1. The molecule has 6 nitrogen and oxygen atoms in total. The largest absolute Gasteiger partial charge is 0.462 e. The molecule has 82 heavy (non-hydrogen) atoms. The molecule has 0 aromatic carbocycles. The molecule has 0 aliphatic carbocycles. The normalized spacial score (nSPS) is 12.5. The first-order valence-corrected chi connectivity index (χ1v) is 35.9. The summed E-state index contributed by atoms with van der Waals surface area (Å²) < 4.78 is 17.0. The second kappa shape index (κ2) is 70.3. The average Bonchev–Trinajstić information content (AvgIpc) is 3.47. The van der Waals surface area contributed by atoms with E-state index in [1.807, 2.05) is 0 Å². The highest BCUT2D eigenvalue weighted by Crippen LogP contribution is 2.18. The molecule has 0 fully saturated rings. The maximum atomic E-state index is 13.0. The van der Waals surface area contributed by atoms with E-state index in [4.69, 9.17) is 14.2 Å². The molecule has 0 aliphatic heterocycles. The van der Waals surface area contributed by atoms with Crippen molar-refractivity contribution in [3.63, 3.8) is 0 Å². The molecule has 1 unspecified atom stereocenters. The van der Waals surface area contributed by atoms with E-state index in [0.717, 1.165) is 103 Å². The van der Waals surface area contributed by atoms with Crippen LogP contribution in [0.5, 0.6) is 0 Å². The first-order valence-electron chi connectivity index (χ1n) is 35.9. The highest BCUT2D eigenvalue weighted by molar-refractivity contribution is 5.71. The van der Waals surface area contributed by atoms with Gasteiger partial charge in [0.2, 0.25) is 0 Å². The van der Waals surface area contributed by atoms with E-state index < -0.39 is 6.10 Å². The molecule has 0 bridgehead atoms. The number of unbranched alkanes of at least 4 members (excludes halogenated alkanes) is 43. The van der Waals surface area contributed by atoms with Gasteiger partial charge >= 0.3 is 17.9 Å². The lowest BCUT2D eigenvalue weighted by atomic mass is 10.0. The van der Waals surface area contributed by atoms with Crippen LogP contribution >= 0.6 is 0 Å². The van der Waals surface area contributed by atoms with Crippen molar-refractivity contribution >= 4 is 17.9 Å². The molecule has 0 aromatic rings. The van der Waals surface area contributed by atoms with Gasteiger partial charge in [0.25, 0.3) is 0 Å². The van der Waals surface area contributed by atoms with Crippen molar-refractivity contribution in [2.75, 3.05) is 13.2 Å². The molecule has 0 saturated heterocycles. The van der Waals surface area contributed by atoms with E-state index in [1.54, 1.807) is 0 Å². The summed E-state index contributed by atoms with van der Waals surface area (Å²) in [4.78, 5) is 38.5. The first kappa shape index (κ1) is 78.8. The molecule has 0 heterocycles. The summed E-state index contributed by atoms with van der Waals surface area (Å²) in [6.45, 7) is 6.58. The molecular weight excluding hydrogens is 1010 g/mol. The number of ether oxygens (including phenoxy) is 3. The highest BCUT2D eigenvalue weighted by atomic mass is 16.6. The minimum atomic E-state index is -0.781. The smallest absolute Gasteiger partial charge is 0.306 e. The topological polar surface area (TPSA) is 78.9 Å². The molecule has 6 heteroatoms. The van der Waals surface area contributed by atoms with Gasteiger partial charge in [0.15, 0.2) is 6.10 Å². The molecule has 476 valence electrons. The summed E-state index contributed by atoms with van der Waals surface area (Å²) in [5.74, 6) is -0.864. The highest BCUT2D eigenvalue weighted by Gasteiger charge is 2.19. The van der Waals surface area contributed by atoms with E-state index in [1.165, 1.54) is 231 Å². The predicted molar refractivity (Wildman–Crippen MR) is 358 cm³/mol. The third kappa shape index (κ3) is 67.6. The molecule has 0 spiro atoms. The molecule has 0 amide bonds. The third-order valence-corrected chi connectivity index (χ3v) is 16.0. The molecule has 1 atom stereocenters. The Labute approximate surface area is 510 Å². The van der Waals surface area contributed by atoms with Crippen molar-refractivity contribution in [2.45, 2.75) is 380 Å². The number of allylic oxidation sites excluding steroid dienone is 12. The third-order valence-electron chi connectivity index (χ3n) is 16.0. The minimum Gasteiger partial charge on any atom is -0.462 e. The molecule has 0 rings (SSSR count). The van der Waals surface area contributed by atoms with E-state index in [0.29, 0.717) is 19.3 Å². The number of carbonyl (C=O) groups excluding carboxylic acids is 3. The van der Waals surface area contributed by atoms with Crippen molar-refractivity contribution in [3.8, 4) is 0 Å². The fourth-order valence-electron chi connectivity index (χ4n) is 10.6. The van der Waals surface area contributed by atoms with Crippen LogP contribution in [0.3, 0.4) is 0 Å². The maximum absolute atomic E-state index is 13.0. The number of esters is 3. The maximum Gasteiger partial charge on any atom is 0.306 e. The number of hydrogen-bond donors (Lipinski definition) is 0. The van der Waals surface area contributed by atoms with E-state index >= 15 is 0 Å². The van der Waals surface area contributed by atoms with Gasteiger partial charge in [-0.2, -0.15) is 0 Å². The minimum absolute atomic E-state index is 0.0748. The van der Waals surface area contributed by atoms with Gasteiger partial charge in [-0.25, -0.2) is 0 Å². The SMILES string of the molecule is CC/C=C\C/C=C\C/C=C\C/C=C\C/C=C\C/C=C\CCCCCCCCC(=O)OCC(COC(=O)CCCCCCCCCCCCCCCCC)OC(=O)CCCCCCCCCCCCCCCCCCCCCCCCCC. The van der Waals surface area contributed by atoms with Crippen LogP contribution in [-0.2, 0) is 28.6 Å². The molecular formula is C76H136O6. The quantitative estimate of drug-likeness (QED) is 0.0261. The van der Waals surface area contributed by atoms with Gasteiger partial charge in [0.1, 0.15) is 13.2 Å². The predicted octanol–water partition coefficient (Wildman–Crippen LogP) is 24.8. The second-order valence-corrected chi connectivity index (χ2v) is 24.1.